The average molecular weight is 381 g/mol. The van der Waals surface area contributed by atoms with Crippen molar-refractivity contribution >= 4 is 34.7 Å². The van der Waals surface area contributed by atoms with Crippen LogP contribution < -0.4 is 5.32 Å². The summed E-state index contributed by atoms with van der Waals surface area (Å²) in [5, 5.41) is 2.04. The number of ketones is 1. The largest absolute Gasteiger partial charge is 0.457 e. The van der Waals surface area contributed by atoms with E-state index in [0.29, 0.717) is 5.56 Å². The zero-order valence-electron chi connectivity index (χ0n) is 15.1. The molecule has 0 fully saturated rings. The Bertz CT molecular complexity index is 639. The van der Waals surface area contributed by atoms with Crippen molar-refractivity contribution in [2.24, 2.45) is 0 Å². The lowest BCUT2D eigenvalue weighted by Gasteiger charge is -2.19. The highest BCUT2D eigenvalue weighted by Crippen LogP contribution is 2.08. The first-order valence-corrected chi connectivity index (χ1v) is 9.02. The van der Waals surface area contributed by atoms with Crippen molar-refractivity contribution in [1.29, 1.82) is 0 Å². The van der Waals surface area contributed by atoms with Gasteiger partial charge < -0.3 is 14.8 Å². The fraction of sp³-hybridized carbons (Fsp3) is 0.444. The normalized spacial score (nSPS) is 10.7. The topological polar surface area (TPSA) is 98.8 Å². The van der Waals surface area contributed by atoms with Crippen molar-refractivity contribution in [2.45, 2.75) is 32.8 Å². The fourth-order valence-electron chi connectivity index (χ4n) is 1.68. The van der Waals surface area contributed by atoms with Gasteiger partial charge in [-0.15, -0.1) is 0 Å². The number of alkyl carbamates (subject to hydrolysis) is 1. The van der Waals surface area contributed by atoms with E-state index in [1.807, 2.05) is 0 Å². The summed E-state index contributed by atoms with van der Waals surface area (Å²) in [5.41, 5.74) is -0.167. The number of hydrogen-bond donors (Lipinski definition) is 1. The maximum Gasteiger partial charge on any atom is 0.408 e. The number of rotatable bonds is 8. The lowest BCUT2D eigenvalue weighted by molar-refractivity contribution is -0.141. The number of benzene rings is 1. The van der Waals surface area contributed by atoms with Crippen molar-refractivity contribution < 1.29 is 28.7 Å². The third-order valence-corrected chi connectivity index (χ3v) is 3.68. The summed E-state index contributed by atoms with van der Waals surface area (Å²) in [5.74, 6) is -0.647. The van der Waals surface area contributed by atoms with E-state index in [4.69, 9.17) is 9.47 Å². The quantitative estimate of drug-likeness (QED) is 0.546. The first kappa shape index (κ1) is 21.7. The Hall–Kier alpha value is -2.35. The van der Waals surface area contributed by atoms with Crippen LogP contribution in [-0.4, -0.2) is 47.5 Å². The number of amides is 1. The summed E-state index contributed by atoms with van der Waals surface area (Å²) in [7, 11) is 0. The molecule has 0 saturated heterocycles. The van der Waals surface area contributed by atoms with Crippen molar-refractivity contribution in [2.75, 3.05) is 18.9 Å². The second kappa shape index (κ2) is 10.6. The molecule has 1 aromatic rings. The highest BCUT2D eigenvalue weighted by molar-refractivity contribution is 8.13. The number of thioether (sulfide) groups is 1. The van der Waals surface area contributed by atoms with Gasteiger partial charge in [-0.05, 0) is 20.8 Å². The molecular weight excluding hydrogens is 358 g/mol. The minimum atomic E-state index is -0.676. The van der Waals surface area contributed by atoms with Gasteiger partial charge in [-0.2, -0.15) is 0 Å². The van der Waals surface area contributed by atoms with Crippen LogP contribution in [-0.2, 0) is 19.1 Å². The van der Waals surface area contributed by atoms with E-state index in [9.17, 15) is 19.2 Å². The molecule has 142 valence electrons. The van der Waals surface area contributed by atoms with Gasteiger partial charge in [0.25, 0.3) is 0 Å². The average Bonchev–Trinajstić information content (AvgIpc) is 2.57. The number of nitrogens with one attached hydrogen (secondary N) is 1. The number of carbonyl (C=O) groups excluding carboxylic acids is 4. The fourth-order valence-corrected chi connectivity index (χ4v) is 2.35. The molecule has 8 heteroatoms. The van der Waals surface area contributed by atoms with Crippen LogP contribution in [0.5, 0.6) is 0 Å². The van der Waals surface area contributed by atoms with Crippen LogP contribution in [0.3, 0.4) is 0 Å². The molecule has 0 spiro atoms. The minimum Gasteiger partial charge on any atom is -0.457 e. The van der Waals surface area contributed by atoms with Crippen molar-refractivity contribution in [3.05, 3.63) is 35.9 Å². The summed E-state index contributed by atoms with van der Waals surface area (Å²) < 4.78 is 9.89. The summed E-state index contributed by atoms with van der Waals surface area (Å²) in [6, 6.07) is 8.52. The zero-order chi connectivity index (χ0) is 19.6. The molecule has 0 atom stereocenters. The van der Waals surface area contributed by atoms with Crippen LogP contribution in [0.25, 0.3) is 0 Å². The molecule has 1 rings (SSSR count). The van der Waals surface area contributed by atoms with Gasteiger partial charge >= 0.3 is 12.1 Å². The molecule has 0 aliphatic rings. The molecule has 26 heavy (non-hydrogen) atoms. The lowest BCUT2D eigenvalue weighted by Crippen LogP contribution is -2.34. The van der Waals surface area contributed by atoms with Gasteiger partial charge in [0.05, 0.1) is 13.0 Å². The van der Waals surface area contributed by atoms with Gasteiger partial charge in [-0.3, -0.25) is 14.4 Å². The van der Waals surface area contributed by atoms with Gasteiger partial charge in [0, 0.05) is 11.3 Å². The van der Waals surface area contributed by atoms with Crippen molar-refractivity contribution in [1.82, 2.24) is 5.32 Å². The lowest BCUT2D eigenvalue weighted by atomic mass is 10.1. The van der Waals surface area contributed by atoms with Crippen molar-refractivity contribution in [3.8, 4) is 0 Å². The van der Waals surface area contributed by atoms with Crippen molar-refractivity contribution in [3.63, 3.8) is 0 Å². The van der Waals surface area contributed by atoms with Crippen LogP contribution in [0.15, 0.2) is 30.3 Å². The molecule has 1 aromatic carbocycles. The highest BCUT2D eigenvalue weighted by Gasteiger charge is 2.17. The van der Waals surface area contributed by atoms with Gasteiger partial charge in [0.1, 0.15) is 5.60 Å². The third-order valence-electron chi connectivity index (χ3n) is 2.81. The molecule has 1 N–H and O–H groups in total. The Labute approximate surface area is 156 Å². The Balaban J connectivity index is 2.16. The van der Waals surface area contributed by atoms with Crippen LogP contribution in [0.1, 0.15) is 37.6 Å². The van der Waals surface area contributed by atoms with E-state index < -0.39 is 17.7 Å². The maximum absolute atomic E-state index is 11.8. The summed E-state index contributed by atoms with van der Waals surface area (Å²) in [4.78, 5) is 46.4. The molecule has 0 radical (unpaired) electrons. The van der Waals surface area contributed by atoms with Crippen LogP contribution in [0.2, 0.25) is 0 Å². The maximum atomic E-state index is 11.8. The molecule has 0 aromatic heterocycles. The first-order valence-electron chi connectivity index (χ1n) is 8.04. The number of carbonyl (C=O) groups is 4. The van der Waals surface area contributed by atoms with E-state index in [2.05, 4.69) is 5.32 Å². The molecule has 7 nitrogen and oxygen atoms in total. The summed E-state index contributed by atoms with van der Waals surface area (Å²) in [6.07, 6.45) is -0.685. The van der Waals surface area contributed by atoms with Gasteiger partial charge in [0.2, 0.25) is 5.12 Å². The van der Waals surface area contributed by atoms with Crippen LogP contribution >= 0.6 is 11.8 Å². The smallest absolute Gasteiger partial charge is 0.408 e. The molecule has 0 bridgehead atoms. The summed E-state index contributed by atoms with van der Waals surface area (Å²) >= 11 is 0.900. The highest BCUT2D eigenvalue weighted by atomic mass is 32.2. The number of hydrogen-bond acceptors (Lipinski definition) is 7. The Kier molecular flexibility index (Phi) is 8.84. The monoisotopic (exact) mass is 381 g/mol. The third kappa shape index (κ3) is 9.83. The van der Waals surface area contributed by atoms with E-state index in [0.717, 1.165) is 11.8 Å². The first-order chi connectivity index (χ1) is 12.2. The molecule has 0 saturated carbocycles. The Morgan fingerprint density at radius 2 is 1.73 bits per heavy atom. The molecule has 0 heterocycles. The predicted molar refractivity (Wildman–Crippen MR) is 98.1 cm³/mol. The molecule has 1 amide bonds. The second-order valence-electron chi connectivity index (χ2n) is 6.28. The van der Waals surface area contributed by atoms with Gasteiger partial charge in [0.15, 0.2) is 12.4 Å². The van der Waals surface area contributed by atoms with E-state index in [-0.39, 0.29) is 36.2 Å². The summed E-state index contributed by atoms with van der Waals surface area (Å²) in [6.45, 7) is 4.63. The number of ether oxygens (including phenoxy) is 2. The second-order valence-corrected chi connectivity index (χ2v) is 7.43. The Morgan fingerprint density at radius 1 is 1.08 bits per heavy atom. The zero-order valence-corrected chi connectivity index (χ0v) is 15.9. The number of esters is 1. The van der Waals surface area contributed by atoms with Crippen LogP contribution in [0, 0.1) is 0 Å². The van der Waals surface area contributed by atoms with Gasteiger partial charge in [-0.1, -0.05) is 42.1 Å². The molecular formula is C18H23NO6S. The van der Waals surface area contributed by atoms with E-state index in [1.54, 1.807) is 51.1 Å². The SMILES string of the molecule is CC(C)(C)OC(=O)NCC(=O)SCCC(=O)OCC(=O)c1ccccc1. The standard InChI is InChI=1S/C18H23NO6S/c1-18(2,3)25-17(23)19-11-16(22)26-10-9-15(21)24-12-14(20)13-7-5-4-6-8-13/h4-8H,9-12H2,1-3H3,(H,19,23). The predicted octanol–water partition coefficient (Wildman–Crippen LogP) is 2.59. The molecule has 0 unspecified atom stereocenters. The van der Waals surface area contributed by atoms with Crippen LogP contribution in [0.4, 0.5) is 4.79 Å². The van der Waals surface area contributed by atoms with Gasteiger partial charge in [-0.25, -0.2) is 4.79 Å². The molecule has 0 aliphatic heterocycles. The number of Topliss-reactive ketones (excluding diaryl/α,β-unsaturated/α-hetero) is 1. The Morgan fingerprint density at radius 3 is 2.35 bits per heavy atom. The minimum absolute atomic E-state index is 0.00901. The van der Waals surface area contributed by atoms with E-state index in [1.165, 1.54) is 0 Å². The van der Waals surface area contributed by atoms with E-state index >= 15 is 0 Å². The molecule has 0 aliphatic carbocycles.